The van der Waals surface area contributed by atoms with Crippen molar-refractivity contribution in [3.8, 4) is 5.75 Å². The number of carbonyl (C=O) groups excluding carboxylic acids is 2. The summed E-state index contributed by atoms with van der Waals surface area (Å²) in [5, 5.41) is 0.518. The van der Waals surface area contributed by atoms with Crippen LogP contribution < -0.4 is 10.5 Å². The molecule has 1 saturated carbocycles. The maximum absolute atomic E-state index is 12.9. The number of piperidine rings is 1. The van der Waals surface area contributed by atoms with E-state index in [9.17, 15) is 9.59 Å². The van der Waals surface area contributed by atoms with E-state index in [4.69, 9.17) is 22.1 Å². The first-order valence-corrected chi connectivity index (χ1v) is 8.97. The second kappa shape index (κ2) is 7.43. The maximum atomic E-state index is 12.9. The fourth-order valence-electron chi connectivity index (χ4n) is 3.50. The molecule has 0 unspecified atom stereocenters. The molecule has 1 saturated heterocycles. The van der Waals surface area contributed by atoms with Crippen LogP contribution in [0.25, 0.3) is 0 Å². The van der Waals surface area contributed by atoms with Gasteiger partial charge in [0.15, 0.2) is 0 Å². The lowest BCUT2D eigenvalue weighted by atomic mass is 9.96. The molecular weight excluding hydrogens is 328 g/mol. The summed E-state index contributed by atoms with van der Waals surface area (Å²) in [7, 11) is 0. The number of halogens is 1. The molecule has 0 bridgehead atoms. The van der Waals surface area contributed by atoms with Crippen LogP contribution in [-0.4, -0.2) is 35.9 Å². The number of hydrogen-bond acceptors (Lipinski definition) is 3. The summed E-state index contributed by atoms with van der Waals surface area (Å²) >= 11 is 6.09. The summed E-state index contributed by atoms with van der Waals surface area (Å²) in [5.41, 5.74) is 5.86. The predicted octanol–water partition coefficient (Wildman–Crippen LogP) is 3.00. The minimum absolute atomic E-state index is 0.0894. The van der Waals surface area contributed by atoms with Crippen LogP contribution in [0, 0.1) is 5.92 Å². The number of carbonyl (C=O) groups is 2. The minimum Gasteiger partial charge on any atom is -0.490 e. The molecule has 0 aromatic heterocycles. The summed E-state index contributed by atoms with van der Waals surface area (Å²) in [6.07, 6.45) is 5.80. The van der Waals surface area contributed by atoms with E-state index in [0.29, 0.717) is 42.3 Å². The molecule has 24 heavy (non-hydrogen) atoms. The maximum Gasteiger partial charge on any atom is 0.257 e. The van der Waals surface area contributed by atoms with Gasteiger partial charge >= 0.3 is 0 Å². The third-order valence-corrected chi connectivity index (χ3v) is 5.19. The smallest absolute Gasteiger partial charge is 0.257 e. The molecular formula is C18H23ClN2O3. The zero-order valence-electron chi connectivity index (χ0n) is 13.7. The van der Waals surface area contributed by atoms with Crippen LogP contribution >= 0.6 is 11.6 Å². The van der Waals surface area contributed by atoms with Crippen LogP contribution in [0.15, 0.2) is 18.2 Å². The SMILES string of the molecule is NC(=O)C1CCN(C(=O)c2cc(Cl)ccc2OC2CCCC2)CC1. The predicted molar refractivity (Wildman–Crippen MR) is 92.2 cm³/mol. The van der Waals surface area contributed by atoms with Crippen molar-refractivity contribution in [1.82, 2.24) is 4.90 Å². The van der Waals surface area contributed by atoms with E-state index in [-0.39, 0.29) is 23.8 Å². The van der Waals surface area contributed by atoms with Crippen molar-refractivity contribution >= 4 is 23.4 Å². The number of primary amides is 1. The molecule has 1 heterocycles. The van der Waals surface area contributed by atoms with Crippen molar-refractivity contribution in [2.45, 2.75) is 44.6 Å². The van der Waals surface area contributed by atoms with Crippen molar-refractivity contribution < 1.29 is 14.3 Å². The number of nitrogens with two attached hydrogens (primary N) is 1. The van der Waals surface area contributed by atoms with Gasteiger partial charge in [-0.25, -0.2) is 0 Å². The summed E-state index contributed by atoms with van der Waals surface area (Å²) in [6, 6.07) is 5.21. The fourth-order valence-corrected chi connectivity index (χ4v) is 3.67. The summed E-state index contributed by atoms with van der Waals surface area (Å²) < 4.78 is 6.05. The van der Waals surface area contributed by atoms with E-state index >= 15 is 0 Å². The molecule has 2 N–H and O–H groups in total. The Morgan fingerprint density at radius 3 is 2.42 bits per heavy atom. The molecule has 6 heteroatoms. The van der Waals surface area contributed by atoms with E-state index in [2.05, 4.69) is 0 Å². The molecule has 0 atom stereocenters. The fraction of sp³-hybridized carbons (Fsp3) is 0.556. The Hall–Kier alpha value is -1.75. The van der Waals surface area contributed by atoms with Gasteiger partial charge < -0.3 is 15.4 Å². The number of rotatable bonds is 4. The highest BCUT2D eigenvalue weighted by atomic mass is 35.5. The van der Waals surface area contributed by atoms with Crippen molar-refractivity contribution in [1.29, 1.82) is 0 Å². The summed E-state index contributed by atoms with van der Waals surface area (Å²) in [5.74, 6) is 0.0967. The molecule has 0 radical (unpaired) electrons. The van der Waals surface area contributed by atoms with Gasteiger partial charge in [0.1, 0.15) is 5.75 Å². The van der Waals surface area contributed by atoms with Gasteiger partial charge in [0.2, 0.25) is 5.91 Å². The highest BCUT2D eigenvalue weighted by molar-refractivity contribution is 6.31. The number of likely N-dealkylation sites (tertiary alicyclic amines) is 1. The van der Waals surface area contributed by atoms with Gasteiger partial charge in [0.05, 0.1) is 11.7 Å². The minimum atomic E-state index is -0.282. The monoisotopic (exact) mass is 350 g/mol. The summed E-state index contributed by atoms with van der Waals surface area (Å²) in [6.45, 7) is 1.06. The number of benzene rings is 1. The Bertz CT molecular complexity index is 621. The Kier molecular flexibility index (Phi) is 5.29. The van der Waals surface area contributed by atoms with E-state index < -0.39 is 0 Å². The molecule has 1 aliphatic heterocycles. The highest BCUT2D eigenvalue weighted by Crippen LogP contribution is 2.30. The normalized spacial score (nSPS) is 19.5. The second-order valence-electron chi connectivity index (χ2n) is 6.63. The first-order valence-electron chi connectivity index (χ1n) is 8.59. The Balaban J connectivity index is 1.74. The lowest BCUT2D eigenvalue weighted by Crippen LogP contribution is -2.41. The van der Waals surface area contributed by atoms with Gasteiger partial charge in [-0.3, -0.25) is 9.59 Å². The summed E-state index contributed by atoms with van der Waals surface area (Å²) in [4.78, 5) is 25.9. The van der Waals surface area contributed by atoms with Crippen molar-refractivity contribution in [3.05, 3.63) is 28.8 Å². The molecule has 1 aliphatic carbocycles. The van der Waals surface area contributed by atoms with Gasteiger partial charge in [-0.2, -0.15) is 0 Å². The molecule has 130 valence electrons. The number of amides is 2. The van der Waals surface area contributed by atoms with Gasteiger partial charge in [0.25, 0.3) is 5.91 Å². The van der Waals surface area contributed by atoms with Crippen LogP contribution in [-0.2, 0) is 4.79 Å². The van der Waals surface area contributed by atoms with Gasteiger partial charge in [-0.05, 0) is 56.7 Å². The standard InChI is InChI=1S/C18H23ClN2O3/c19-13-5-6-16(24-14-3-1-2-4-14)15(11-13)18(23)21-9-7-12(8-10-21)17(20)22/h5-6,11-12,14H,1-4,7-10H2,(H2,20,22). The van der Waals surface area contributed by atoms with Crippen molar-refractivity contribution in [2.24, 2.45) is 11.7 Å². The third kappa shape index (κ3) is 3.83. The van der Waals surface area contributed by atoms with Gasteiger partial charge in [0, 0.05) is 24.0 Å². The third-order valence-electron chi connectivity index (χ3n) is 4.95. The highest BCUT2D eigenvalue weighted by Gasteiger charge is 2.28. The number of ether oxygens (including phenoxy) is 1. The van der Waals surface area contributed by atoms with Crippen LogP contribution in [0.5, 0.6) is 5.75 Å². The van der Waals surface area contributed by atoms with E-state index in [0.717, 1.165) is 12.8 Å². The number of nitrogens with zero attached hydrogens (tertiary/aromatic N) is 1. The molecule has 3 rings (SSSR count). The van der Waals surface area contributed by atoms with E-state index in [1.807, 2.05) is 0 Å². The van der Waals surface area contributed by atoms with Crippen molar-refractivity contribution in [2.75, 3.05) is 13.1 Å². The molecule has 0 spiro atoms. The molecule has 1 aromatic carbocycles. The van der Waals surface area contributed by atoms with Gasteiger partial charge in [-0.1, -0.05) is 11.6 Å². The number of hydrogen-bond donors (Lipinski definition) is 1. The molecule has 2 fully saturated rings. The molecule has 2 aliphatic rings. The average Bonchev–Trinajstić information content (AvgIpc) is 3.09. The second-order valence-corrected chi connectivity index (χ2v) is 7.07. The lowest BCUT2D eigenvalue weighted by molar-refractivity contribution is -0.123. The molecule has 5 nitrogen and oxygen atoms in total. The van der Waals surface area contributed by atoms with Gasteiger partial charge in [-0.15, -0.1) is 0 Å². The van der Waals surface area contributed by atoms with E-state index in [1.165, 1.54) is 12.8 Å². The Morgan fingerprint density at radius 2 is 1.79 bits per heavy atom. The average molecular weight is 351 g/mol. The zero-order valence-corrected chi connectivity index (χ0v) is 14.4. The quantitative estimate of drug-likeness (QED) is 0.907. The zero-order chi connectivity index (χ0) is 17.1. The van der Waals surface area contributed by atoms with Crippen LogP contribution in [0.2, 0.25) is 5.02 Å². The van der Waals surface area contributed by atoms with Crippen molar-refractivity contribution in [3.63, 3.8) is 0 Å². The topological polar surface area (TPSA) is 72.6 Å². The Morgan fingerprint density at radius 1 is 1.12 bits per heavy atom. The Labute approximate surface area is 147 Å². The first-order chi connectivity index (χ1) is 11.5. The molecule has 2 amide bonds. The van der Waals surface area contributed by atoms with Crippen LogP contribution in [0.3, 0.4) is 0 Å². The molecule has 1 aromatic rings. The first kappa shape index (κ1) is 17.1. The van der Waals surface area contributed by atoms with E-state index in [1.54, 1.807) is 23.1 Å². The largest absolute Gasteiger partial charge is 0.490 e. The van der Waals surface area contributed by atoms with Crippen LogP contribution in [0.4, 0.5) is 0 Å². The lowest BCUT2D eigenvalue weighted by Gasteiger charge is -2.31. The van der Waals surface area contributed by atoms with Crippen LogP contribution in [0.1, 0.15) is 48.9 Å².